The van der Waals surface area contributed by atoms with E-state index in [-0.39, 0.29) is 11.5 Å². The van der Waals surface area contributed by atoms with Crippen LogP contribution in [0.3, 0.4) is 0 Å². The first kappa shape index (κ1) is 22.5. The zero-order valence-corrected chi connectivity index (χ0v) is 21.9. The van der Waals surface area contributed by atoms with Gasteiger partial charge in [-0.1, -0.05) is 67.0 Å². The summed E-state index contributed by atoms with van der Waals surface area (Å²) < 4.78 is 0. The smallest absolute Gasteiger partial charge is 0.0594 e. The predicted octanol–water partition coefficient (Wildman–Crippen LogP) is 8.17. The van der Waals surface area contributed by atoms with Crippen molar-refractivity contribution in [3.63, 3.8) is 0 Å². The van der Waals surface area contributed by atoms with Gasteiger partial charge < -0.3 is 5.11 Å². The molecule has 0 aliphatic heterocycles. The maximum Gasteiger partial charge on any atom is 0.0594 e. The lowest BCUT2D eigenvalue weighted by Gasteiger charge is -2.72. The van der Waals surface area contributed by atoms with Crippen molar-refractivity contribution in [1.82, 2.24) is 0 Å². The zero-order valence-electron chi connectivity index (χ0n) is 21.9. The molecule has 0 amide bonds. The molecular formula is C30H50O. The van der Waals surface area contributed by atoms with Gasteiger partial charge in [-0.05, 0) is 114 Å². The number of hydrogen-bond donors (Lipinski definition) is 1. The van der Waals surface area contributed by atoms with Crippen molar-refractivity contribution in [1.29, 1.82) is 0 Å². The van der Waals surface area contributed by atoms with Gasteiger partial charge in [-0.3, -0.25) is 0 Å². The van der Waals surface area contributed by atoms with E-state index >= 15 is 0 Å². The maximum absolute atomic E-state index is 10.9. The van der Waals surface area contributed by atoms with Gasteiger partial charge in [-0.15, -0.1) is 0 Å². The molecule has 5 aliphatic carbocycles. The van der Waals surface area contributed by atoms with Gasteiger partial charge in [0.15, 0.2) is 0 Å². The minimum Gasteiger partial charge on any atom is -0.393 e. The molecular weight excluding hydrogens is 376 g/mol. The van der Waals surface area contributed by atoms with Gasteiger partial charge >= 0.3 is 0 Å². The van der Waals surface area contributed by atoms with E-state index in [0.29, 0.717) is 33.0 Å². The van der Waals surface area contributed by atoms with Crippen LogP contribution in [0.5, 0.6) is 0 Å². The SMILES string of the molecule is CC1(C)C=C2[C@@H]3CC[C@@H]4[C@]5(C)CC[C@@H](O)C(C)(C)[C@H]5CC[C@@]4(C)[C@]3(C)CC[C@]2(C)CC1. The molecule has 0 aromatic heterocycles. The van der Waals surface area contributed by atoms with Crippen molar-refractivity contribution in [2.45, 2.75) is 126 Å². The van der Waals surface area contributed by atoms with E-state index in [9.17, 15) is 5.11 Å². The Balaban J connectivity index is 1.56. The molecule has 8 atom stereocenters. The van der Waals surface area contributed by atoms with E-state index in [1.165, 1.54) is 57.8 Å². The third-order valence-electron chi connectivity index (χ3n) is 13.0. The molecule has 0 spiro atoms. The molecule has 1 nitrogen and oxygen atoms in total. The van der Waals surface area contributed by atoms with Gasteiger partial charge in [0.2, 0.25) is 0 Å². The minimum absolute atomic E-state index is 0.0626. The van der Waals surface area contributed by atoms with Crippen LogP contribution in [0, 0.1) is 50.2 Å². The Morgan fingerprint density at radius 1 is 0.677 bits per heavy atom. The van der Waals surface area contributed by atoms with Crippen molar-refractivity contribution in [3.05, 3.63) is 11.6 Å². The molecule has 0 unspecified atom stereocenters. The lowest BCUT2D eigenvalue weighted by atomic mass is 9.32. The summed E-state index contributed by atoms with van der Waals surface area (Å²) >= 11 is 0. The maximum atomic E-state index is 10.9. The molecule has 1 N–H and O–H groups in total. The number of aliphatic hydroxyl groups excluding tert-OH is 1. The van der Waals surface area contributed by atoms with Crippen LogP contribution < -0.4 is 0 Å². The van der Waals surface area contributed by atoms with E-state index < -0.39 is 0 Å². The number of rotatable bonds is 0. The summed E-state index contributed by atoms with van der Waals surface area (Å²) in [6.45, 7) is 20.4. The first-order valence-electron chi connectivity index (χ1n) is 13.6. The lowest BCUT2D eigenvalue weighted by molar-refractivity contribution is -0.228. The molecule has 4 saturated carbocycles. The first-order chi connectivity index (χ1) is 14.2. The fourth-order valence-corrected chi connectivity index (χ4v) is 10.6. The first-order valence-corrected chi connectivity index (χ1v) is 13.6. The van der Waals surface area contributed by atoms with Gasteiger partial charge in [-0.25, -0.2) is 0 Å². The van der Waals surface area contributed by atoms with E-state index in [1.54, 1.807) is 0 Å². The molecule has 31 heavy (non-hydrogen) atoms. The molecule has 5 aliphatic rings. The average molecular weight is 427 g/mol. The van der Waals surface area contributed by atoms with E-state index in [1.807, 2.05) is 5.57 Å². The monoisotopic (exact) mass is 426 g/mol. The number of fused-ring (bicyclic) bond motifs is 7. The van der Waals surface area contributed by atoms with E-state index in [2.05, 4.69) is 61.5 Å². The Kier molecular flexibility index (Phi) is 4.66. The summed E-state index contributed by atoms with van der Waals surface area (Å²) in [7, 11) is 0. The predicted molar refractivity (Wildman–Crippen MR) is 131 cm³/mol. The minimum atomic E-state index is -0.119. The molecule has 1 heteroatoms. The van der Waals surface area contributed by atoms with Gasteiger partial charge in [0, 0.05) is 0 Å². The Morgan fingerprint density at radius 3 is 2.06 bits per heavy atom. The topological polar surface area (TPSA) is 20.2 Å². The summed E-state index contributed by atoms with van der Waals surface area (Å²) in [6, 6.07) is 0. The van der Waals surface area contributed by atoms with Crippen LogP contribution in [0.4, 0.5) is 0 Å². The van der Waals surface area contributed by atoms with Crippen LogP contribution in [0.1, 0.15) is 120 Å². The third kappa shape index (κ3) is 2.77. The van der Waals surface area contributed by atoms with Crippen molar-refractivity contribution < 1.29 is 5.11 Å². The zero-order chi connectivity index (χ0) is 22.7. The van der Waals surface area contributed by atoms with Crippen LogP contribution in [-0.2, 0) is 0 Å². The molecule has 5 rings (SSSR count). The third-order valence-corrected chi connectivity index (χ3v) is 13.0. The number of aliphatic hydroxyl groups is 1. The molecule has 0 saturated heterocycles. The summed E-state index contributed by atoms with van der Waals surface area (Å²) in [4.78, 5) is 0. The highest BCUT2D eigenvalue weighted by molar-refractivity contribution is 5.31. The van der Waals surface area contributed by atoms with Crippen molar-refractivity contribution in [2.75, 3.05) is 0 Å². The second-order valence-corrected chi connectivity index (χ2v) is 15.1. The second kappa shape index (κ2) is 6.43. The molecule has 0 heterocycles. The van der Waals surface area contributed by atoms with Crippen molar-refractivity contribution in [3.8, 4) is 0 Å². The van der Waals surface area contributed by atoms with Gasteiger partial charge in [0.05, 0.1) is 6.10 Å². The highest BCUT2D eigenvalue weighted by atomic mass is 16.3. The normalized spacial score (nSPS) is 55.2. The Hall–Kier alpha value is -0.300. The Labute approximate surface area is 192 Å². The highest BCUT2D eigenvalue weighted by Gasteiger charge is 2.68. The lowest BCUT2D eigenvalue weighted by Crippen LogP contribution is -2.65. The summed E-state index contributed by atoms with van der Waals surface area (Å²) in [5.74, 6) is 2.27. The van der Waals surface area contributed by atoms with Gasteiger partial charge in [0.1, 0.15) is 0 Å². The fourth-order valence-electron chi connectivity index (χ4n) is 10.6. The van der Waals surface area contributed by atoms with Crippen LogP contribution in [0.2, 0.25) is 0 Å². The van der Waals surface area contributed by atoms with E-state index in [4.69, 9.17) is 0 Å². The van der Waals surface area contributed by atoms with Crippen LogP contribution in [0.25, 0.3) is 0 Å². The standard InChI is InChI=1S/C30H50O/c1-25(2)15-16-27(5)17-18-29(7)20(21(27)19-25)9-10-23-28(6)13-12-24(31)26(3,4)22(28)11-14-30(23,29)8/h19-20,22-24,31H,9-18H2,1-8H3/t20-,22+,23+,24+,27-,28+,29+,30+/m0/s1. The summed E-state index contributed by atoms with van der Waals surface area (Å²) in [5.41, 5.74) is 4.02. The van der Waals surface area contributed by atoms with E-state index in [0.717, 1.165) is 18.3 Å². The number of hydrogen-bond acceptors (Lipinski definition) is 1. The van der Waals surface area contributed by atoms with Crippen molar-refractivity contribution >= 4 is 0 Å². The van der Waals surface area contributed by atoms with Gasteiger partial charge in [-0.2, -0.15) is 0 Å². The van der Waals surface area contributed by atoms with Crippen LogP contribution >= 0.6 is 0 Å². The molecule has 4 fully saturated rings. The average Bonchev–Trinajstić information content (AvgIpc) is 2.67. The van der Waals surface area contributed by atoms with Gasteiger partial charge in [0.25, 0.3) is 0 Å². The highest BCUT2D eigenvalue weighted by Crippen LogP contribution is 2.76. The summed E-state index contributed by atoms with van der Waals surface area (Å²) in [5, 5.41) is 10.9. The molecule has 0 bridgehead atoms. The second-order valence-electron chi connectivity index (χ2n) is 15.1. The molecule has 0 radical (unpaired) electrons. The molecule has 0 aromatic carbocycles. The van der Waals surface area contributed by atoms with Crippen LogP contribution in [0.15, 0.2) is 11.6 Å². The van der Waals surface area contributed by atoms with Crippen molar-refractivity contribution in [2.24, 2.45) is 50.2 Å². The fraction of sp³-hybridized carbons (Fsp3) is 0.933. The quantitative estimate of drug-likeness (QED) is 0.387. The number of allylic oxidation sites excluding steroid dienone is 2. The molecule has 176 valence electrons. The summed E-state index contributed by atoms with van der Waals surface area (Å²) in [6.07, 6.45) is 15.9. The largest absolute Gasteiger partial charge is 0.393 e. The van der Waals surface area contributed by atoms with Crippen LogP contribution in [-0.4, -0.2) is 11.2 Å². The Bertz CT molecular complexity index is 790. The Morgan fingerprint density at radius 2 is 1.35 bits per heavy atom. The molecule has 0 aromatic rings.